The Kier molecular flexibility index (Phi) is 5.99. The Hall–Kier alpha value is -3.32. The standard InChI is InChI=1S/C23H21N3O3S/c1-3-28-18-13-11-17(12-14-18)22-25-26-23(29-22)30-15(2)21(27)24-20-10-6-8-16-7-4-5-9-19(16)20/h4-15H,3H2,1-2H3,(H,24,27)/t15-/m0/s1. The quantitative estimate of drug-likeness (QED) is 0.404. The zero-order chi connectivity index (χ0) is 20.9. The van der Waals surface area contributed by atoms with E-state index in [1.807, 2.05) is 80.6 Å². The molecule has 0 bridgehead atoms. The van der Waals surface area contributed by atoms with Crippen LogP contribution in [0.2, 0.25) is 0 Å². The number of rotatable bonds is 7. The van der Waals surface area contributed by atoms with Crippen molar-refractivity contribution in [1.29, 1.82) is 0 Å². The highest BCUT2D eigenvalue weighted by Gasteiger charge is 2.19. The molecule has 3 aromatic carbocycles. The Morgan fingerprint density at radius 2 is 1.83 bits per heavy atom. The van der Waals surface area contributed by atoms with E-state index in [1.54, 1.807) is 0 Å². The number of fused-ring (bicyclic) bond motifs is 1. The number of hydrogen-bond donors (Lipinski definition) is 1. The molecule has 0 aliphatic rings. The van der Waals surface area contributed by atoms with Crippen LogP contribution in [0.4, 0.5) is 5.69 Å². The van der Waals surface area contributed by atoms with E-state index in [1.165, 1.54) is 11.8 Å². The summed E-state index contributed by atoms with van der Waals surface area (Å²) in [6.45, 7) is 4.36. The topological polar surface area (TPSA) is 77.2 Å². The summed E-state index contributed by atoms with van der Waals surface area (Å²) < 4.78 is 11.2. The lowest BCUT2D eigenvalue weighted by molar-refractivity contribution is -0.115. The number of thioether (sulfide) groups is 1. The van der Waals surface area contributed by atoms with Gasteiger partial charge in [0.2, 0.25) is 11.8 Å². The van der Waals surface area contributed by atoms with Crippen LogP contribution >= 0.6 is 11.8 Å². The van der Waals surface area contributed by atoms with Gasteiger partial charge in [0.25, 0.3) is 5.22 Å². The first-order valence-corrected chi connectivity index (χ1v) is 10.5. The summed E-state index contributed by atoms with van der Waals surface area (Å²) in [5.74, 6) is 1.06. The Morgan fingerprint density at radius 1 is 1.07 bits per heavy atom. The highest BCUT2D eigenvalue weighted by molar-refractivity contribution is 8.00. The minimum Gasteiger partial charge on any atom is -0.494 e. The highest BCUT2D eigenvalue weighted by atomic mass is 32.2. The van der Waals surface area contributed by atoms with E-state index in [0.29, 0.717) is 17.7 Å². The Morgan fingerprint density at radius 3 is 2.63 bits per heavy atom. The van der Waals surface area contributed by atoms with E-state index in [9.17, 15) is 4.79 Å². The molecule has 1 N–H and O–H groups in total. The summed E-state index contributed by atoms with van der Waals surface area (Å²) in [5, 5.41) is 13.2. The zero-order valence-electron chi connectivity index (χ0n) is 16.7. The molecule has 4 aromatic rings. The molecular weight excluding hydrogens is 398 g/mol. The van der Waals surface area contributed by atoms with Crippen LogP contribution in [-0.4, -0.2) is 28.0 Å². The molecule has 1 heterocycles. The second kappa shape index (κ2) is 9.00. The summed E-state index contributed by atoms with van der Waals surface area (Å²) in [4.78, 5) is 12.7. The fourth-order valence-electron chi connectivity index (χ4n) is 3.01. The molecule has 1 atom stereocenters. The summed E-state index contributed by atoms with van der Waals surface area (Å²) in [6.07, 6.45) is 0. The largest absolute Gasteiger partial charge is 0.494 e. The van der Waals surface area contributed by atoms with E-state index in [4.69, 9.17) is 9.15 Å². The molecule has 0 unspecified atom stereocenters. The molecule has 0 aliphatic carbocycles. The number of nitrogens with one attached hydrogen (secondary N) is 1. The van der Waals surface area contributed by atoms with E-state index in [-0.39, 0.29) is 5.91 Å². The molecule has 0 fully saturated rings. The second-order valence-electron chi connectivity index (χ2n) is 6.61. The average molecular weight is 420 g/mol. The lowest BCUT2D eigenvalue weighted by Gasteiger charge is -2.12. The molecule has 6 nitrogen and oxygen atoms in total. The summed E-state index contributed by atoms with van der Waals surface area (Å²) in [6, 6.07) is 21.2. The molecule has 30 heavy (non-hydrogen) atoms. The first kappa shape index (κ1) is 20.0. The molecule has 0 saturated heterocycles. The Bertz CT molecular complexity index is 1150. The van der Waals surface area contributed by atoms with Crippen molar-refractivity contribution in [1.82, 2.24) is 10.2 Å². The number of hydrogen-bond acceptors (Lipinski definition) is 6. The van der Waals surface area contributed by atoms with Crippen molar-refractivity contribution >= 4 is 34.1 Å². The molecule has 0 radical (unpaired) electrons. The van der Waals surface area contributed by atoms with Crippen LogP contribution < -0.4 is 10.1 Å². The third kappa shape index (κ3) is 4.46. The number of ether oxygens (including phenoxy) is 1. The average Bonchev–Trinajstić information content (AvgIpc) is 3.23. The lowest BCUT2D eigenvalue weighted by atomic mass is 10.1. The van der Waals surface area contributed by atoms with Crippen molar-refractivity contribution in [2.75, 3.05) is 11.9 Å². The van der Waals surface area contributed by atoms with Crippen LogP contribution in [0.15, 0.2) is 76.4 Å². The van der Waals surface area contributed by atoms with Crippen molar-refractivity contribution in [3.63, 3.8) is 0 Å². The van der Waals surface area contributed by atoms with E-state index < -0.39 is 5.25 Å². The Balaban J connectivity index is 1.42. The van der Waals surface area contributed by atoms with Gasteiger partial charge in [0.15, 0.2) is 0 Å². The van der Waals surface area contributed by atoms with Gasteiger partial charge in [-0.05, 0) is 49.6 Å². The molecular formula is C23H21N3O3S. The van der Waals surface area contributed by atoms with Gasteiger partial charge in [-0.15, -0.1) is 10.2 Å². The number of nitrogens with zero attached hydrogens (tertiary/aromatic N) is 2. The summed E-state index contributed by atoms with van der Waals surface area (Å²) in [7, 11) is 0. The fourth-order valence-corrected chi connectivity index (χ4v) is 3.69. The van der Waals surface area contributed by atoms with E-state index >= 15 is 0 Å². The van der Waals surface area contributed by atoms with Crippen LogP contribution in [0.5, 0.6) is 5.75 Å². The van der Waals surface area contributed by atoms with Gasteiger partial charge in [-0.25, -0.2) is 0 Å². The first-order valence-electron chi connectivity index (χ1n) is 9.66. The number of carbonyl (C=O) groups is 1. The summed E-state index contributed by atoms with van der Waals surface area (Å²) in [5.41, 5.74) is 1.58. The predicted molar refractivity (Wildman–Crippen MR) is 119 cm³/mol. The monoisotopic (exact) mass is 419 g/mol. The van der Waals surface area contributed by atoms with Crippen LogP contribution in [0.25, 0.3) is 22.2 Å². The fraction of sp³-hybridized carbons (Fsp3) is 0.174. The SMILES string of the molecule is CCOc1ccc(-c2nnc(S[C@@H](C)C(=O)Nc3cccc4ccccc34)o2)cc1. The number of benzene rings is 3. The second-order valence-corrected chi connectivity index (χ2v) is 7.90. The maximum absolute atomic E-state index is 12.7. The molecule has 7 heteroatoms. The normalized spacial score (nSPS) is 11.9. The molecule has 0 aliphatic heterocycles. The van der Waals surface area contributed by atoms with Gasteiger partial charge < -0.3 is 14.5 Å². The van der Waals surface area contributed by atoms with Crippen LogP contribution in [0.1, 0.15) is 13.8 Å². The third-order valence-corrected chi connectivity index (χ3v) is 5.45. The van der Waals surface area contributed by atoms with Gasteiger partial charge in [-0.1, -0.05) is 48.2 Å². The van der Waals surface area contributed by atoms with E-state index in [2.05, 4.69) is 15.5 Å². The van der Waals surface area contributed by atoms with Gasteiger partial charge in [0.1, 0.15) is 5.75 Å². The van der Waals surface area contributed by atoms with Gasteiger partial charge in [-0.2, -0.15) is 0 Å². The van der Waals surface area contributed by atoms with Crippen molar-refractivity contribution in [2.45, 2.75) is 24.3 Å². The smallest absolute Gasteiger partial charge is 0.277 e. The maximum atomic E-state index is 12.7. The number of carbonyl (C=O) groups excluding carboxylic acids is 1. The molecule has 152 valence electrons. The van der Waals surface area contributed by atoms with Gasteiger partial charge >= 0.3 is 0 Å². The number of anilines is 1. The first-order chi connectivity index (χ1) is 14.6. The zero-order valence-corrected chi connectivity index (χ0v) is 17.5. The molecule has 0 saturated carbocycles. The molecule has 1 amide bonds. The van der Waals surface area contributed by atoms with Crippen LogP contribution in [-0.2, 0) is 4.79 Å². The van der Waals surface area contributed by atoms with Gasteiger partial charge in [0.05, 0.1) is 11.9 Å². The number of amides is 1. The van der Waals surface area contributed by atoms with Crippen LogP contribution in [0.3, 0.4) is 0 Å². The Labute approximate surface area is 178 Å². The molecule has 4 rings (SSSR count). The summed E-state index contributed by atoms with van der Waals surface area (Å²) >= 11 is 1.23. The van der Waals surface area contributed by atoms with Crippen LogP contribution in [0, 0.1) is 0 Å². The molecule has 0 spiro atoms. The maximum Gasteiger partial charge on any atom is 0.277 e. The van der Waals surface area contributed by atoms with Crippen molar-refractivity contribution in [3.8, 4) is 17.2 Å². The number of aromatic nitrogens is 2. The highest BCUT2D eigenvalue weighted by Crippen LogP contribution is 2.29. The molecule has 1 aromatic heterocycles. The van der Waals surface area contributed by atoms with Crippen molar-refractivity contribution in [2.24, 2.45) is 0 Å². The third-order valence-electron chi connectivity index (χ3n) is 4.51. The minimum absolute atomic E-state index is 0.128. The minimum atomic E-state index is -0.405. The van der Waals surface area contributed by atoms with E-state index in [0.717, 1.165) is 27.8 Å². The van der Waals surface area contributed by atoms with Gasteiger partial charge in [-0.3, -0.25) is 4.79 Å². The lowest BCUT2D eigenvalue weighted by Crippen LogP contribution is -2.22. The predicted octanol–water partition coefficient (Wildman–Crippen LogP) is 5.41. The van der Waals surface area contributed by atoms with Crippen molar-refractivity contribution in [3.05, 3.63) is 66.7 Å². The van der Waals surface area contributed by atoms with Crippen molar-refractivity contribution < 1.29 is 13.9 Å². The van der Waals surface area contributed by atoms with Gasteiger partial charge in [0, 0.05) is 16.6 Å².